The van der Waals surface area contributed by atoms with Crippen molar-refractivity contribution < 1.29 is 28.7 Å². The van der Waals surface area contributed by atoms with E-state index in [9.17, 15) is 19.2 Å². The van der Waals surface area contributed by atoms with Crippen LogP contribution in [-0.2, 0) is 19.1 Å². The van der Waals surface area contributed by atoms with Gasteiger partial charge in [-0.1, -0.05) is 48.5 Å². The number of hydrogen-bond donors (Lipinski definition) is 4. The Bertz CT molecular complexity index is 2030. The molecule has 0 radical (unpaired) electrons. The molecule has 4 atom stereocenters. The van der Waals surface area contributed by atoms with Gasteiger partial charge in [0.2, 0.25) is 11.8 Å². The molecule has 54 heavy (non-hydrogen) atoms. The van der Waals surface area contributed by atoms with Crippen molar-refractivity contribution in [1.29, 1.82) is 0 Å². The molecule has 0 unspecified atom stereocenters. The van der Waals surface area contributed by atoms with Crippen molar-refractivity contribution in [1.82, 2.24) is 40.4 Å². The topological polar surface area (TPSA) is 175 Å². The van der Waals surface area contributed by atoms with E-state index in [1.165, 1.54) is 14.2 Å². The van der Waals surface area contributed by atoms with Gasteiger partial charge < -0.3 is 39.9 Å². The molecule has 0 spiro atoms. The monoisotopic (exact) mass is 736 g/mol. The molecule has 1 saturated carbocycles. The van der Waals surface area contributed by atoms with Crippen molar-refractivity contribution in [3.05, 3.63) is 72.6 Å². The zero-order valence-electron chi connectivity index (χ0n) is 31.6. The number of imidazole rings is 2. The van der Waals surface area contributed by atoms with E-state index in [0.29, 0.717) is 18.3 Å². The van der Waals surface area contributed by atoms with Crippen LogP contribution in [0.3, 0.4) is 0 Å². The number of alkyl carbamates (subject to hydrolysis) is 2. The number of aromatic nitrogens is 4. The Balaban J connectivity index is 1.02. The van der Waals surface area contributed by atoms with Crippen molar-refractivity contribution >= 4 is 24.0 Å². The van der Waals surface area contributed by atoms with Crippen LogP contribution in [0.4, 0.5) is 9.59 Å². The number of benzene rings is 2. The highest BCUT2D eigenvalue weighted by molar-refractivity contribution is 5.90. The van der Waals surface area contributed by atoms with Crippen molar-refractivity contribution in [3.8, 4) is 33.6 Å². The van der Waals surface area contributed by atoms with Crippen LogP contribution in [-0.4, -0.2) is 91.6 Å². The minimum absolute atomic E-state index is 0.116. The summed E-state index contributed by atoms with van der Waals surface area (Å²) in [5.41, 5.74) is 3.55. The van der Waals surface area contributed by atoms with Crippen molar-refractivity contribution in [2.75, 3.05) is 20.8 Å². The fourth-order valence-corrected chi connectivity index (χ4v) is 8.30. The third kappa shape index (κ3) is 6.92. The number of carbonyl (C=O) groups excluding carboxylic acids is 4. The van der Waals surface area contributed by atoms with E-state index in [1.807, 2.05) is 23.2 Å². The predicted octanol–water partition coefficient (Wildman–Crippen LogP) is 6.12. The molecule has 284 valence electrons. The molecule has 14 heteroatoms. The molecular formula is C40H48N8O6. The Morgan fingerprint density at radius 2 is 1.20 bits per heavy atom. The lowest BCUT2D eigenvalue weighted by atomic mass is 9.95. The van der Waals surface area contributed by atoms with Gasteiger partial charge >= 0.3 is 12.2 Å². The Morgan fingerprint density at radius 1 is 0.704 bits per heavy atom. The van der Waals surface area contributed by atoms with Crippen molar-refractivity contribution in [2.45, 2.75) is 89.0 Å². The summed E-state index contributed by atoms with van der Waals surface area (Å²) in [6, 6.07) is 16.2. The average Bonchev–Trinajstić information content (AvgIpc) is 4.02. The zero-order valence-corrected chi connectivity index (χ0v) is 31.6. The van der Waals surface area contributed by atoms with Gasteiger partial charge in [-0.25, -0.2) is 19.6 Å². The lowest BCUT2D eigenvalue weighted by Gasteiger charge is -2.39. The first-order chi connectivity index (χ1) is 25.8. The fourth-order valence-electron chi connectivity index (χ4n) is 8.30. The summed E-state index contributed by atoms with van der Waals surface area (Å²) in [5.74, 6) is 1.44. The van der Waals surface area contributed by atoms with Gasteiger partial charge in [-0.15, -0.1) is 0 Å². The lowest BCUT2D eigenvalue weighted by molar-refractivity contribution is -0.142. The number of fused-ring (bicyclic) bond motifs is 2. The maximum absolute atomic E-state index is 13.8. The van der Waals surface area contributed by atoms with Gasteiger partial charge in [-0.3, -0.25) is 9.59 Å². The number of nitrogens with one attached hydrogen (secondary N) is 4. The van der Waals surface area contributed by atoms with E-state index in [0.717, 1.165) is 71.6 Å². The summed E-state index contributed by atoms with van der Waals surface area (Å²) in [6.45, 7) is 7.34. The Hall–Kier alpha value is -5.66. The molecule has 14 nitrogen and oxygen atoms in total. The van der Waals surface area contributed by atoms with Crippen molar-refractivity contribution in [2.24, 2.45) is 5.92 Å². The number of ether oxygens (including phenoxy) is 2. The fraction of sp³-hybridized carbons (Fsp3) is 0.450. The number of amides is 4. The predicted molar refractivity (Wildman–Crippen MR) is 201 cm³/mol. The largest absolute Gasteiger partial charge is 0.453 e. The Morgan fingerprint density at radius 3 is 1.76 bits per heavy atom. The number of likely N-dealkylation sites (tertiary alicyclic amines) is 2. The standard InChI is InChI=1S/C40H48N8O6/c1-39(2,45-37(51)53-5)35(49)47-19-7-8-31(47)33-41-21-29(43-33)25-13-9-23(10-14-25)24-11-15-26(16-12-24)30-22-42-34(44-30)32-27-17-18-28(20-27)48(32)36(50)40(3,4)46-38(52)54-6/h9-16,21-22,27-28,31-32H,7-8,17-20H2,1-6H3,(H,41,43)(H,42,44)(H,45,51)(H,46,52)/t27-,28-,31-,32+/m0/s1. The van der Waals surface area contributed by atoms with Gasteiger partial charge in [0.15, 0.2) is 0 Å². The number of rotatable bonds is 9. The second-order valence-electron chi connectivity index (χ2n) is 15.5. The smallest absolute Gasteiger partial charge is 0.407 e. The molecule has 2 bridgehead atoms. The second kappa shape index (κ2) is 14.3. The van der Waals surface area contributed by atoms with Gasteiger partial charge in [0.1, 0.15) is 22.7 Å². The number of methoxy groups -OCH3 is 2. The molecule has 2 saturated heterocycles. The molecule has 4 heterocycles. The molecule has 4 amide bonds. The number of piperidine rings is 1. The van der Waals surface area contributed by atoms with Gasteiger partial charge in [0, 0.05) is 12.6 Å². The van der Waals surface area contributed by atoms with E-state index in [1.54, 1.807) is 38.8 Å². The molecule has 3 aliphatic rings. The van der Waals surface area contributed by atoms with Crippen LogP contribution in [0.5, 0.6) is 0 Å². The minimum Gasteiger partial charge on any atom is -0.453 e. The highest BCUT2D eigenvalue weighted by Gasteiger charge is 2.53. The van der Waals surface area contributed by atoms with Crippen LogP contribution >= 0.6 is 0 Å². The summed E-state index contributed by atoms with van der Waals surface area (Å²) in [5, 5.41) is 5.32. The van der Waals surface area contributed by atoms with Crippen LogP contribution in [0.1, 0.15) is 83.5 Å². The summed E-state index contributed by atoms with van der Waals surface area (Å²) >= 11 is 0. The third-order valence-corrected chi connectivity index (χ3v) is 11.1. The molecule has 4 N–H and O–H groups in total. The van der Waals surface area contributed by atoms with E-state index in [-0.39, 0.29) is 29.9 Å². The molecule has 2 aliphatic heterocycles. The second-order valence-corrected chi connectivity index (χ2v) is 15.5. The number of aromatic amines is 2. The quantitative estimate of drug-likeness (QED) is 0.159. The van der Waals surface area contributed by atoms with Crippen LogP contribution in [0.2, 0.25) is 0 Å². The molecule has 1 aliphatic carbocycles. The molecule has 2 aromatic carbocycles. The van der Waals surface area contributed by atoms with Crippen LogP contribution < -0.4 is 10.6 Å². The Labute approximate surface area is 314 Å². The van der Waals surface area contributed by atoms with Gasteiger partial charge in [0.05, 0.1) is 50.1 Å². The molecule has 4 aromatic rings. The highest BCUT2D eigenvalue weighted by atomic mass is 16.5. The van der Waals surface area contributed by atoms with Gasteiger partial charge in [-0.05, 0) is 88.0 Å². The number of nitrogens with zero attached hydrogens (tertiary/aromatic N) is 4. The zero-order chi connectivity index (χ0) is 38.4. The van der Waals surface area contributed by atoms with E-state index in [2.05, 4.69) is 62.0 Å². The summed E-state index contributed by atoms with van der Waals surface area (Å²) < 4.78 is 9.47. The molecular weight excluding hydrogens is 688 g/mol. The van der Waals surface area contributed by atoms with E-state index in [4.69, 9.17) is 14.5 Å². The van der Waals surface area contributed by atoms with Gasteiger partial charge in [-0.2, -0.15) is 0 Å². The number of carbonyl (C=O) groups is 4. The van der Waals surface area contributed by atoms with Gasteiger partial charge in [0.25, 0.3) is 0 Å². The number of hydrogen-bond acceptors (Lipinski definition) is 8. The maximum Gasteiger partial charge on any atom is 0.407 e. The molecule has 2 aromatic heterocycles. The van der Waals surface area contributed by atoms with Crippen LogP contribution in [0, 0.1) is 5.92 Å². The normalized spacial score (nSPS) is 20.9. The maximum atomic E-state index is 13.8. The SMILES string of the molecule is COC(=O)NC(C)(C)C(=O)N1CCC[C@H]1c1ncc(-c2ccc(-c3ccc(-c4cnc([C@H]5[C@H]6CC[C@@H](C6)N5C(=O)C(C)(C)NC(=O)OC)[nH]4)cc3)cc2)[nH]1. The minimum atomic E-state index is -1.12. The first-order valence-corrected chi connectivity index (χ1v) is 18.5. The Kier molecular flexibility index (Phi) is 9.71. The molecule has 3 fully saturated rings. The number of H-pyrrole nitrogens is 2. The summed E-state index contributed by atoms with van der Waals surface area (Å²) in [7, 11) is 2.56. The van der Waals surface area contributed by atoms with E-state index < -0.39 is 23.3 Å². The highest BCUT2D eigenvalue weighted by Crippen LogP contribution is 2.50. The summed E-state index contributed by atoms with van der Waals surface area (Å²) in [4.78, 5) is 71.1. The summed E-state index contributed by atoms with van der Waals surface area (Å²) in [6.07, 6.45) is 6.84. The van der Waals surface area contributed by atoms with Crippen LogP contribution in [0.15, 0.2) is 60.9 Å². The molecule has 7 rings (SSSR count). The van der Waals surface area contributed by atoms with Crippen molar-refractivity contribution in [3.63, 3.8) is 0 Å². The first-order valence-electron chi connectivity index (χ1n) is 18.5. The first kappa shape index (κ1) is 36.7. The van der Waals surface area contributed by atoms with Crippen LogP contribution in [0.25, 0.3) is 33.6 Å². The lowest BCUT2D eigenvalue weighted by Crippen LogP contribution is -2.58. The average molecular weight is 737 g/mol. The van der Waals surface area contributed by atoms with E-state index >= 15 is 0 Å². The third-order valence-electron chi connectivity index (χ3n) is 11.1.